The predicted octanol–water partition coefficient (Wildman–Crippen LogP) is 2.08. The Bertz CT molecular complexity index is 117. The SMILES string of the molecule is C[CH]COCCOCCOCCOCCCC. The summed E-state index contributed by atoms with van der Waals surface area (Å²) in [5, 5.41) is 0. The molecule has 4 heteroatoms. The van der Waals surface area contributed by atoms with Crippen molar-refractivity contribution in [3.8, 4) is 0 Å². The fourth-order valence-electron chi connectivity index (χ4n) is 1.11. The summed E-state index contributed by atoms with van der Waals surface area (Å²) < 4.78 is 21.2. The molecule has 0 aliphatic carbocycles. The van der Waals surface area contributed by atoms with E-state index in [9.17, 15) is 0 Å². The highest BCUT2D eigenvalue weighted by molar-refractivity contribution is 4.50. The molecule has 0 aromatic rings. The zero-order chi connectivity index (χ0) is 12.6. The fourth-order valence-corrected chi connectivity index (χ4v) is 1.11. The van der Waals surface area contributed by atoms with Crippen LogP contribution in [0.5, 0.6) is 0 Å². The summed E-state index contributed by atoms with van der Waals surface area (Å²) in [6.07, 6.45) is 4.27. The highest BCUT2D eigenvalue weighted by Gasteiger charge is 1.92. The molecule has 0 aromatic carbocycles. The van der Waals surface area contributed by atoms with Crippen molar-refractivity contribution >= 4 is 0 Å². The van der Waals surface area contributed by atoms with Gasteiger partial charge in [-0.15, -0.1) is 0 Å². The Morgan fingerprint density at radius 2 is 1.18 bits per heavy atom. The van der Waals surface area contributed by atoms with Gasteiger partial charge in [-0.05, 0) is 12.8 Å². The minimum atomic E-state index is 0.619. The average molecular weight is 247 g/mol. The average Bonchev–Trinajstić information content (AvgIpc) is 2.35. The molecule has 0 rings (SSSR count). The highest BCUT2D eigenvalue weighted by atomic mass is 16.6. The molecule has 0 heterocycles. The summed E-state index contributed by atoms with van der Waals surface area (Å²) in [6.45, 7) is 9.48. The van der Waals surface area contributed by atoms with Crippen molar-refractivity contribution in [1.82, 2.24) is 0 Å². The van der Waals surface area contributed by atoms with Gasteiger partial charge in [0, 0.05) is 13.2 Å². The molecule has 17 heavy (non-hydrogen) atoms. The van der Waals surface area contributed by atoms with Crippen molar-refractivity contribution < 1.29 is 18.9 Å². The van der Waals surface area contributed by atoms with Gasteiger partial charge in [-0.1, -0.05) is 20.3 Å². The van der Waals surface area contributed by atoms with E-state index in [-0.39, 0.29) is 0 Å². The molecule has 0 fully saturated rings. The lowest BCUT2D eigenvalue weighted by Crippen LogP contribution is -2.12. The molecule has 0 unspecified atom stereocenters. The predicted molar refractivity (Wildman–Crippen MR) is 68.2 cm³/mol. The molecule has 0 aliphatic rings. The topological polar surface area (TPSA) is 36.9 Å². The molecule has 0 amide bonds. The van der Waals surface area contributed by atoms with E-state index < -0.39 is 0 Å². The first-order chi connectivity index (χ1) is 8.41. The second kappa shape index (κ2) is 15.8. The van der Waals surface area contributed by atoms with Gasteiger partial charge in [0.05, 0.1) is 39.6 Å². The lowest BCUT2D eigenvalue weighted by molar-refractivity contribution is -0.0000491. The van der Waals surface area contributed by atoms with Crippen LogP contribution in [0.4, 0.5) is 0 Å². The molecule has 0 atom stereocenters. The van der Waals surface area contributed by atoms with E-state index in [0.717, 1.165) is 13.0 Å². The van der Waals surface area contributed by atoms with E-state index in [1.54, 1.807) is 0 Å². The van der Waals surface area contributed by atoms with Gasteiger partial charge in [0.25, 0.3) is 0 Å². The molecule has 0 saturated heterocycles. The third-order valence-electron chi connectivity index (χ3n) is 2.04. The van der Waals surface area contributed by atoms with Gasteiger partial charge in [-0.2, -0.15) is 0 Å². The molecule has 0 N–H and O–H groups in total. The van der Waals surface area contributed by atoms with Crippen LogP contribution >= 0.6 is 0 Å². The van der Waals surface area contributed by atoms with Crippen molar-refractivity contribution in [3.05, 3.63) is 6.42 Å². The standard InChI is InChI=1S/C13H27O4/c1-3-5-7-15-9-11-17-13-12-16-10-8-14-6-4-2/h4H,3,5-13H2,1-2H3. The Hall–Kier alpha value is -0.160. The second-order valence-corrected chi connectivity index (χ2v) is 3.67. The maximum Gasteiger partial charge on any atom is 0.0701 e. The first kappa shape index (κ1) is 16.8. The molecule has 1 radical (unpaired) electrons. The zero-order valence-electron chi connectivity index (χ0n) is 11.3. The monoisotopic (exact) mass is 247 g/mol. The number of unbranched alkanes of at least 4 members (excludes halogenated alkanes) is 1. The van der Waals surface area contributed by atoms with Crippen LogP contribution in [0.25, 0.3) is 0 Å². The van der Waals surface area contributed by atoms with Crippen LogP contribution in [-0.2, 0) is 18.9 Å². The van der Waals surface area contributed by atoms with Gasteiger partial charge in [0.1, 0.15) is 0 Å². The van der Waals surface area contributed by atoms with Crippen molar-refractivity contribution in [2.75, 3.05) is 52.9 Å². The highest BCUT2D eigenvalue weighted by Crippen LogP contribution is 1.88. The molecule has 4 nitrogen and oxygen atoms in total. The number of hydrogen-bond acceptors (Lipinski definition) is 4. The first-order valence-corrected chi connectivity index (χ1v) is 6.50. The van der Waals surface area contributed by atoms with Crippen LogP contribution < -0.4 is 0 Å². The Morgan fingerprint density at radius 3 is 1.65 bits per heavy atom. The summed E-state index contributed by atoms with van der Waals surface area (Å²) in [7, 11) is 0. The van der Waals surface area contributed by atoms with Crippen LogP contribution in [0, 0.1) is 6.42 Å². The van der Waals surface area contributed by atoms with Crippen LogP contribution in [-0.4, -0.2) is 52.9 Å². The molecule has 0 spiro atoms. The normalized spacial score (nSPS) is 10.9. The minimum Gasteiger partial charge on any atom is -0.379 e. The summed E-state index contributed by atoms with van der Waals surface area (Å²) in [6, 6.07) is 0. The number of hydrogen-bond donors (Lipinski definition) is 0. The lowest BCUT2D eigenvalue weighted by atomic mass is 10.4. The van der Waals surface area contributed by atoms with Crippen LogP contribution in [0.2, 0.25) is 0 Å². The Kier molecular flexibility index (Phi) is 15.7. The van der Waals surface area contributed by atoms with Crippen molar-refractivity contribution in [2.24, 2.45) is 0 Å². The number of rotatable bonds is 14. The Morgan fingerprint density at radius 1 is 0.706 bits per heavy atom. The summed E-state index contributed by atoms with van der Waals surface area (Å²) in [5.41, 5.74) is 0. The largest absolute Gasteiger partial charge is 0.379 e. The molecule has 0 aliphatic heterocycles. The van der Waals surface area contributed by atoms with Crippen LogP contribution in [0.3, 0.4) is 0 Å². The van der Waals surface area contributed by atoms with E-state index in [1.807, 2.05) is 13.3 Å². The van der Waals surface area contributed by atoms with Gasteiger partial charge in [-0.25, -0.2) is 0 Å². The fraction of sp³-hybridized carbons (Fsp3) is 0.923. The first-order valence-electron chi connectivity index (χ1n) is 6.50. The summed E-state index contributed by atoms with van der Waals surface area (Å²) in [4.78, 5) is 0. The van der Waals surface area contributed by atoms with Gasteiger partial charge in [-0.3, -0.25) is 0 Å². The lowest BCUT2D eigenvalue weighted by Gasteiger charge is -2.06. The Balaban J connectivity index is 2.85. The molecule has 0 saturated carbocycles. The van der Waals surface area contributed by atoms with Gasteiger partial charge in [0.2, 0.25) is 0 Å². The van der Waals surface area contributed by atoms with E-state index in [1.165, 1.54) is 6.42 Å². The summed E-state index contributed by atoms with van der Waals surface area (Å²) >= 11 is 0. The second-order valence-electron chi connectivity index (χ2n) is 3.67. The maximum absolute atomic E-state index is 5.36. The molecule has 0 bridgehead atoms. The van der Waals surface area contributed by atoms with Gasteiger partial charge < -0.3 is 18.9 Å². The van der Waals surface area contributed by atoms with E-state index in [4.69, 9.17) is 18.9 Å². The molecule has 0 aromatic heterocycles. The zero-order valence-corrected chi connectivity index (χ0v) is 11.3. The van der Waals surface area contributed by atoms with Gasteiger partial charge >= 0.3 is 0 Å². The minimum absolute atomic E-state index is 0.619. The van der Waals surface area contributed by atoms with Crippen molar-refractivity contribution in [3.63, 3.8) is 0 Å². The smallest absolute Gasteiger partial charge is 0.0701 e. The van der Waals surface area contributed by atoms with Crippen molar-refractivity contribution in [2.45, 2.75) is 26.7 Å². The van der Waals surface area contributed by atoms with Crippen LogP contribution in [0.1, 0.15) is 26.7 Å². The molecular weight excluding hydrogens is 220 g/mol. The number of ether oxygens (including phenoxy) is 4. The Labute approximate surface area is 106 Å². The third-order valence-corrected chi connectivity index (χ3v) is 2.04. The molecule has 103 valence electrons. The van der Waals surface area contributed by atoms with Crippen molar-refractivity contribution in [1.29, 1.82) is 0 Å². The van der Waals surface area contributed by atoms with E-state index in [2.05, 4.69) is 6.92 Å². The van der Waals surface area contributed by atoms with E-state index in [0.29, 0.717) is 46.2 Å². The van der Waals surface area contributed by atoms with Crippen LogP contribution in [0.15, 0.2) is 0 Å². The maximum atomic E-state index is 5.36. The third kappa shape index (κ3) is 15.8. The molecular formula is C13H27O4. The quantitative estimate of drug-likeness (QED) is 0.440. The summed E-state index contributed by atoms with van der Waals surface area (Å²) in [5.74, 6) is 0. The van der Waals surface area contributed by atoms with Gasteiger partial charge in [0.15, 0.2) is 0 Å². The van der Waals surface area contributed by atoms with E-state index >= 15 is 0 Å².